The maximum Gasteiger partial charge on any atom is 0.232 e. The molecule has 1 aromatic rings. The Balaban J connectivity index is 3.36. The van der Waals surface area contributed by atoms with Gasteiger partial charge in [0.05, 0.1) is 0 Å². The second-order valence-electron chi connectivity index (χ2n) is 2.37. The van der Waals surface area contributed by atoms with E-state index in [0.717, 1.165) is 4.73 Å². The van der Waals surface area contributed by atoms with Crippen molar-refractivity contribution in [1.29, 1.82) is 0 Å². The fourth-order valence-electron chi connectivity index (χ4n) is 0.913. The lowest BCUT2D eigenvalue weighted by Crippen LogP contribution is -2.03. The van der Waals surface area contributed by atoms with Crippen molar-refractivity contribution in [3.05, 3.63) is 11.1 Å². The predicted molar refractivity (Wildman–Crippen MR) is 39.7 cm³/mol. The molecule has 0 amide bonds. The molecule has 0 aliphatic heterocycles. The van der Waals surface area contributed by atoms with Crippen molar-refractivity contribution in [2.24, 2.45) is 0 Å². The smallest absolute Gasteiger partial charge is 0.232 e. The summed E-state index contributed by atoms with van der Waals surface area (Å²) in [7, 11) is 1.37. The summed E-state index contributed by atoms with van der Waals surface area (Å²) in [6.45, 7) is 3.42. The van der Waals surface area contributed by atoms with Crippen molar-refractivity contribution >= 4 is 0 Å². The highest BCUT2D eigenvalue weighted by atomic mass is 16.7. The van der Waals surface area contributed by atoms with Crippen LogP contribution in [0.25, 0.3) is 0 Å². The third kappa shape index (κ3) is 0.906. The van der Waals surface area contributed by atoms with E-state index < -0.39 is 0 Å². The van der Waals surface area contributed by atoms with Crippen LogP contribution < -0.4 is 4.84 Å². The van der Waals surface area contributed by atoms with Gasteiger partial charge in [0.15, 0.2) is 0 Å². The molecule has 0 radical (unpaired) electrons. The fraction of sp³-hybridized carbons (Fsp3) is 0.429. The van der Waals surface area contributed by atoms with Crippen LogP contribution in [0.4, 0.5) is 0 Å². The number of aromatic nitrogens is 1. The number of aromatic hydroxyl groups is 2. The molecule has 0 unspecified atom stereocenters. The molecule has 0 aromatic carbocycles. The first kappa shape index (κ1) is 7.78. The van der Waals surface area contributed by atoms with Crippen LogP contribution in [0.3, 0.4) is 0 Å². The van der Waals surface area contributed by atoms with Gasteiger partial charge in [0.2, 0.25) is 11.8 Å². The van der Waals surface area contributed by atoms with Crippen LogP contribution in [0.15, 0.2) is 0 Å². The van der Waals surface area contributed by atoms with Crippen molar-refractivity contribution in [3.63, 3.8) is 0 Å². The summed E-state index contributed by atoms with van der Waals surface area (Å²) in [5, 5.41) is 18.6. The Hall–Kier alpha value is -1.32. The minimum Gasteiger partial charge on any atom is -0.492 e. The number of hydrogen-bond acceptors (Lipinski definition) is 3. The molecule has 0 spiro atoms. The molecule has 0 bridgehead atoms. The number of rotatable bonds is 1. The fourth-order valence-corrected chi connectivity index (χ4v) is 0.913. The van der Waals surface area contributed by atoms with Gasteiger partial charge in [0, 0.05) is 11.1 Å². The Morgan fingerprint density at radius 2 is 1.45 bits per heavy atom. The van der Waals surface area contributed by atoms with Gasteiger partial charge in [-0.25, -0.2) is 0 Å². The van der Waals surface area contributed by atoms with Crippen LogP contribution in [0.5, 0.6) is 11.8 Å². The van der Waals surface area contributed by atoms with E-state index in [1.807, 2.05) is 0 Å². The minimum atomic E-state index is -0.0532. The first-order valence-electron chi connectivity index (χ1n) is 3.24. The van der Waals surface area contributed by atoms with Gasteiger partial charge in [-0.3, -0.25) is 0 Å². The first-order valence-corrected chi connectivity index (χ1v) is 3.24. The zero-order chi connectivity index (χ0) is 8.59. The molecule has 1 heterocycles. The van der Waals surface area contributed by atoms with Crippen LogP contribution in [0, 0.1) is 13.8 Å². The van der Waals surface area contributed by atoms with Gasteiger partial charge < -0.3 is 15.1 Å². The number of nitrogens with zero attached hydrogens (tertiary/aromatic N) is 1. The maximum absolute atomic E-state index is 9.28. The summed E-state index contributed by atoms with van der Waals surface area (Å²) in [5.74, 6) is -0.106. The van der Waals surface area contributed by atoms with E-state index in [2.05, 4.69) is 0 Å². The summed E-state index contributed by atoms with van der Waals surface area (Å²) in [4.78, 5) is 4.69. The topological polar surface area (TPSA) is 54.6 Å². The zero-order valence-electron chi connectivity index (χ0n) is 6.75. The summed E-state index contributed by atoms with van der Waals surface area (Å²) in [6, 6.07) is 0. The van der Waals surface area contributed by atoms with Crippen molar-refractivity contribution in [1.82, 2.24) is 4.73 Å². The molecule has 0 aliphatic rings. The quantitative estimate of drug-likeness (QED) is 0.626. The summed E-state index contributed by atoms with van der Waals surface area (Å²) < 4.78 is 0.977. The Kier molecular flexibility index (Phi) is 1.68. The molecule has 11 heavy (non-hydrogen) atoms. The van der Waals surface area contributed by atoms with Gasteiger partial charge in [-0.1, -0.05) is 0 Å². The van der Waals surface area contributed by atoms with Gasteiger partial charge in [0.1, 0.15) is 7.11 Å². The minimum absolute atomic E-state index is 0.0532. The van der Waals surface area contributed by atoms with E-state index in [1.54, 1.807) is 13.8 Å². The lowest BCUT2D eigenvalue weighted by Gasteiger charge is -2.02. The van der Waals surface area contributed by atoms with Crippen LogP contribution in [0.1, 0.15) is 11.1 Å². The molecule has 1 rings (SSSR count). The van der Waals surface area contributed by atoms with E-state index in [1.165, 1.54) is 7.11 Å². The van der Waals surface area contributed by atoms with Gasteiger partial charge in [-0.05, 0) is 13.8 Å². The van der Waals surface area contributed by atoms with Crippen molar-refractivity contribution in [2.45, 2.75) is 13.8 Å². The molecular formula is C7H11NO3. The van der Waals surface area contributed by atoms with Gasteiger partial charge >= 0.3 is 0 Å². The Bertz CT molecular complexity index is 252. The first-order chi connectivity index (χ1) is 5.09. The monoisotopic (exact) mass is 157 g/mol. The summed E-state index contributed by atoms with van der Waals surface area (Å²) in [5.41, 5.74) is 1.26. The average molecular weight is 157 g/mol. The van der Waals surface area contributed by atoms with E-state index >= 15 is 0 Å². The zero-order valence-corrected chi connectivity index (χ0v) is 6.75. The lowest BCUT2D eigenvalue weighted by molar-refractivity contribution is 0.119. The molecule has 0 atom stereocenters. The molecule has 4 heteroatoms. The van der Waals surface area contributed by atoms with Crippen molar-refractivity contribution in [3.8, 4) is 11.8 Å². The van der Waals surface area contributed by atoms with Crippen molar-refractivity contribution in [2.75, 3.05) is 7.11 Å². The van der Waals surface area contributed by atoms with Crippen LogP contribution >= 0.6 is 0 Å². The molecular weight excluding hydrogens is 146 g/mol. The van der Waals surface area contributed by atoms with E-state index in [4.69, 9.17) is 4.84 Å². The van der Waals surface area contributed by atoms with Gasteiger partial charge in [-0.15, -0.1) is 4.73 Å². The highest BCUT2D eigenvalue weighted by Crippen LogP contribution is 2.30. The highest BCUT2D eigenvalue weighted by molar-refractivity contribution is 5.42. The molecule has 0 saturated heterocycles. The van der Waals surface area contributed by atoms with Crippen LogP contribution in [-0.4, -0.2) is 22.1 Å². The molecule has 62 valence electrons. The highest BCUT2D eigenvalue weighted by Gasteiger charge is 2.15. The Morgan fingerprint density at radius 1 is 1.09 bits per heavy atom. The molecule has 0 saturated carbocycles. The average Bonchev–Trinajstić information content (AvgIpc) is 2.17. The van der Waals surface area contributed by atoms with Gasteiger partial charge in [-0.2, -0.15) is 0 Å². The Labute approximate surface area is 64.6 Å². The summed E-state index contributed by atoms with van der Waals surface area (Å²) in [6.07, 6.45) is 0. The van der Waals surface area contributed by atoms with Gasteiger partial charge in [0.25, 0.3) is 0 Å². The van der Waals surface area contributed by atoms with E-state index in [-0.39, 0.29) is 11.8 Å². The third-order valence-electron chi connectivity index (χ3n) is 1.80. The Morgan fingerprint density at radius 3 is 1.64 bits per heavy atom. The SMILES string of the molecule is COn1c(O)c(C)c(C)c1O. The standard InChI is InChI=1S/C7H11NO3/c1-4-5(2)7(10)8(11-3)6(4)9/h9-10H,1-3H3. The normalized spacial score (nSPS) is 10.1. The molecule has 2 N–H and O–H groups in total. The second kappa shape index (κ2) is 2.38. The third-order valence-corrected chi connectivity index (χ3v) is 1.80. The van der Waals surface area contributed by atoms with E-state index in [9.17, 15) is 10.2 Å². The molecule has 4 nitrogen and oxygen atoms in total. The summed E-state index contributed by atoms with van der Waals surface area (Å²) >= 11 is 0. The van der Waals surface area contributed by atoms with Crippen LogP contribution in [0.2, 0.25) is 0 Å². The largest absolute Gasteiger partial charge is 0.492 e. The molecule has 0 aliphatic carbocycles. The lowest BCUT2D eigenvalue weighted by atomic mass is 10.2. The van der Waals surface area contributed by atoms with Crippen LogP contribution in [-0.2, 0) is 0 Å². The predicted octanol–water partition coefficient (Wildman–Crippen LogP) is 0.575. The second-order valence-corrected chi connectivity index (χ2v) is 2.37. The molecule has 1 aromatic heterocycles. The number of hydrogen-bond donors (Lipinski definition) is 2. The van der Waals surface area contributed by atoms with Crippen molar-refractivity contribution < 1.29 is 15.1 Å². The maximum atomic E-state index is 9.28. The van der Waals surface area contributed by atoms with E-state index in [0.29, 0.717) is 11.1 Å². The molecule has 0 fully saturated rings.